The van der Waals surface area contributed by atoms with Crippen molar-refractivity contribution < 1.29 is 14.3 Å². The van der Waals surface area contributed by atoms with E-state index in [1.54, 1.807) is 42.5 Å². The van der Waals surface area contributed by atoms with Crippen LogP contribution in [0, 0.1) is 0 Å². The van der Waals surface area contributed by atoms with Crippen LogP contribution in [0.1, 0.15) is 23.2 Å². The van der Waals surface area contributed by atoms with Crippen LogP contribution in [0.2, 0.25) is 5.02 Å². The summed E-state index contributed by atoms with van der Waals surface area (Å²) < 4.78 is 6.14. The first-order valence-corrected chi connectivity index (χ1v) is 8.97. The molecular formula is C18H16BrClN2O3. The molecule has 0 atom stereocenters. The van der Waals surface area contributed by atoms with E-state index in [9.17, 15) is 9.59 Å². The fourth-order valence-electron chi connectivity index (χ4n) is 2.13. The zero-order chi connectivity index (χ0) is 17.8. The molecule has 0 heterocycles. The Morgan fingerprint density at radius 1 is 1.16 bits per heavy atom. The van der Waals surface area contributed by atoms with Gasteiger partial charge in [0.25, 0.3) is 11.8 Å². The van der Waals surface area contributed by atoms with Gasteiger partial charge in [0, 0.05) is 22.3 Å². The largest absolute Gasteiger partial charge is 0.483 e. The Labute approximate surface area is 158 Å². The molecule has 130 valence electrons. The summed E-state index contributed by atoms with van der Waals surface area (Å²) in [6.45, 7) is -0.135. The molecule has 1 aliphatic carbocycles. The number of hydrogen-bond donors (Lipinski definition) is 2. The number of ether oxygens (including phenoxy) is 1. The molecule has 0 bridgehead atoms. The van der Waals surface area contributed by atoms with Crippen LogP contribution in [0.4, 0.5) is 5.69 Å². The van der Waals surface area contributed by atoms with Gasteiger partial charge in [0.1, 0.15) is 5.75 Å². The van der Waals surface area contributed by atoms with Crippen LogP contribution in [-0.4, -0.2) is 24.5 Å². The van der Waals surface area contributed by atoms with Gasteiger partial charge in [-0.05, 0) is 71.2 Å². The summed E-state index contributed by atoms with van der Waals surface area (Å²) in [6, 6.07) is 12.1. The SMILES string of the molecule is O=C(COc1ccc(Cl)cc1Br)Nc1ccc(C(=O)NC2CC2)cc1. The maximum atomic E-state index is 12.0. The summed E-state index contributed by atoms with van der Waals surface area (Å²) in [5.74, 6) is 0.153. The first kappa shape index (κ1) is 17.8. The molecule has 25 heavy (non-hydrogen) atoms. The molecular weight excluding hydrogens is 408 g/mol. The van der Waals surface area contributed by atoms with Crippen LogP contribution in [-0.2, 0) is 4.79 Å². The zero-order valence-electron chi connectivity index (χ0n) is 13.2. The predicted octanol–water partition coefficient (Wildman–Crippen LogP) is 4.01. The number of hydrogen-bond acceptors (Lipinski definition) is 3. The van der Waals surface area contributed by atoms with E-state index in [0.717, 1.165) is 12.8 Å². The lowest BCUT2D eigenvalue weighted by atomic mass is 10.2. The molecule has 1 saturated carbocycles. The van der Waals surface area contributed by atoms with Crippen molar-refractivity contribution >= 4 is 45.0 Å². The van der Waals surface area contributed by atoms with Crippen molar-refractivity contribution in [3.8, 4) is 5.75 Å². The van der Waals surface area contributed by atoms with E-state index >= 15 is 0 Å². The molecule has 7 heteroatoms. The average Bonchev–Trinajstić information content (AvgIpc) is 3.38. The number of anilines is 1. The summed E-state index contributed by atoms with van der Waals surface area (Å²) in [6.07, 6.45) is 2.09. The maximum Gasteiger partial charge on any atom is 0.262 e. The van der Waals surface area contributed by atoms with Gasteiger partial charge >= 0.3 is 0 Å². The highest BCUT2D eigenvalue weighted by Crippen LogP contribution is 2.28. The lowest BCUT2D eigenvalue weighted by Crippen LogP contribution is -2.25. The van der Waals surface area contributed by atoms with Crippen molar-refractivity contribution in [1.29, 1.82) is 0 Å². The van der Waals surface area contributed by atoms with Gasteiger partial charge in [-0.25, -0.2) is 0 Å². The third-order valence-electron chi connectivity index (χ3n) is 3.60. The molecule has 0 aromatic heterocycles. The number of carbonyl (C=O) groups is 2. The Bertz CT molecular complexity index is 791. The van der Waals surface area contributed by atoms with Crippen molar-refractivity contribution in [2.24, 2.45) is 0 Å². The second kappa shape index (κ2) is 7.89. The van der Waals surface area contributed by atoms with Gasteiger partial charge in [-0.1, -0.05) is 11.6 Å². The third-order valence-corrected chi connectivity index (χ3v) is 4.45. The standard InChI is InChI=1S/C18H16BrClN2O3/c19-15-9-12(20)3-8-16(15)25-10-17(23)21-13-4-1-11(2-5-13)18(24)22-14-6-7-14/h1-5,8-9,14H,6-7,10H2,(H,21,23)(H,22,24). The number of nitrogens with one attached hydrogen (secondary N) is 2. The Hall–Kier alpha value is -2.05. The number of halogens is 2. The summed E-state index contributed by atoms with van der Waals surface area (Å²) in [4.78, 5) is 23.9. The minimum absolute atomic E-state index is 0.0868. The molecule has 2 amide bonds. The minimum atomic E-state index is -0.294. The summed E-state index contributed by atoms with van der Waals surface area (Å²) in [5, 5.41) is 6.22. The molecule has 5 nitrogen and oxygen atoms in total. The smallest absolute Gasteiger partial charge is 0.262 e. The van der Waals surface area contributed by atoms with Crippen LogP contribution >= 0.6 is 27.5 Å². The lowest BCUT2D eigenvalue weighted by Gasteiger charge is -2.10. The van der Waals surface area contributed by atoms with Crippen LogP contribution in [0.25, 0.3) is 0 Å². The second-order valence-corrected chi connectivity index (χ2v) is 7.03. The van der Waals surface area contributed by atoms with Crippen molar-refractivity contribution in [3.63, 3.8) is 0 Å². The Morgan fingerprint density at radius 2 is 1.88 bits per heavy atom. The number of benzene rings is 2. The quantitative estimate of drug-likeness (QED) is 0.737. The fraction of sp³-hybridized carbons (Fsp3) is 0.222. The van der Waals surface area contributed by atoms with Crippen molar-refractivity contribution in [2.75, 3.05) is 11.9 Å². The Kier molecular flexibility index (Phi) is 5.60. The highest BCUT2D eigenvalue weighted by Gasteiger charge is 2.23. The van der Waals surface area contributed by atoms with Gasteiger partial charge in [0.15, 0.2) is 6.61 Å². The first-order valence-electron chi connectivity index (χ1n) is 7.80. The van der Waals surface area contributed by atoms with Gasteiger partial charge in [0.2, 0.25) is 0 Å². The second-order valence-electron chi connectivity index (χ2n) is 5.74. The van der Waals surface area contributed by atoms with Crippen molar-refractivity contribution in [3.05, 3.63) is 57.5 Å². The van der Waals surface area contributed by atoms with Crippen molar-refractivity contribution in [1.82, 2.24) is 5.32 Å². The molecule has 1 fully saturated rings. The molecule has 0 unspecified atom stereocenters. The number of rotatable bonds is 6. The van der Waals surface area contributed by atoms with E-state index in [1.807, 2.05) is 0 Å². The number of amides is 2. The van der Waals surface area contributed by atoms with E-state index in [2.05, 4.69) is 26.6 Å². The molecule has 0 radical (unpaired) electrons. The lowest BCUT2D eigenvalue weighted by molar-refractivity contribution is -0.118. The normalized spacial score (nSPS) is 13.2. The zero-order valence-corrected chi connectivity index (χ0v) is 15.6. The first-order chi connectivity index (χ1) is 12.0. The third kappa shape index (κ3) is 5.21. The maximum absolute atomic E-state index is 12.0. The topological polar surface area (TPSA) is 67.4 Å². The van der Waals surface area contributed by atoms with E-state index in [0.29, 0.717) is 32.5 Å². The number of carbonyl (C=O) groups excluding carboxylic acids is 2. The molecule has 1 aliphatic rings. The van der Waals surface area contributed by atoms with E-state index < -0.39 is 0 Å². The van der Waals surface area contributed by atoms with Gasteiger partial charge in [-0.2, -0.15) is 0 Å². The van der Waals surface area contributed by atoms with Gasteiger partial charge in [-0.15, -0.1) is 0 Å². The molecule has 3 rings (SSSR count). The molecule has 2 aromatic rings. The monoisotopic (exact) mass is 422 g/mol. The summed E-state index contributed by atoms with van der Waals surface area (Å²) in [7, 11) is 0. The van der Waals surface area contributed by atoms with Gasteiger partial charge in [-0.3, -0.25) is 9.59 Å². The van der Waals surface area contributed by atoms with Crippen LogP contribution < -0.4 is 15.4 Å². The minimum Gasteiger partial charge on any atom is -0.483 e. The van der Waals surface area contributed by atoms with Crippen LogP contribution in [0.5, 0.6) is 5.75 Å². The Morgan fingerprint density at radius 3 is 2.52 bits per heavy atom. The highest BCUT2D eigenvalue weighted by molar-refractivity contribution is 9.10. The van der Waals surface area contributed by atoms with Gasteiger partial charge < -0.3 is 15.4 Å². The fourth-order valence-corrected chi connectivity index (χ4v) is 2.93. The summed E-state index contributed by atoms with van der Waals surface area (Å²) in [5.41, 5.74) is 1.18. The predicted molar refractivity (Wildman–Crippen MR) is 100 cm³/mol. The van der Waals surface area contributed by atoms with E-state index in [-0.39, 0.29) is 18.4 Å². The van der Waals surface area contributed by atoms with Crippen LogP contribution in [0.3, 0.4) is 0 Å². The van der Waals surface area contributed by atoms with Crippen molar-refractivity contribution in [2.45, 2.75) is 18.9 Å². The molecule has 2 aromatic carbocycles. The highest BCUT2D eigenvalue weighted by atomic mass is 79.9. The van der Waals surface area contributed by atoms with E-state index in [1.165, 1.54) is 0 Å². The molecule has 0 spiro atoms. The molecule has 0 saturated heterocycles. The van der Waals surface area contributed by atoms with Crippen LogP contribution in [0.15, 0.2) is 46.9 Å². The summed E-state index contributed by atoms with van der Waals surface area (Å²) >= 11 is 9.19. The molecule has 0 aliphatic heterocycles. The Balaban J connectivity index is 1.51. The van der Waals surface area contributed by atoms with Gasteiger partial charge in [0.05, 0.1) is 4.47 Å². The molecule has 2 N–H and O–H groups in total. The average molecular weight is 424 g/mol. The van der Waals surface area contributed by atoms with E-state index in [4.69, 9.17) is 16.3 Å².